The second-order valence-electron chi connectivity index (χ2n) is 6.91. The first kappa shape index (κ1) is 17.1. The summed E-state index contributed by atoms with van der Waals surface area (Å²) in [5.74, 6) is 0.0327. The summed E-state index contributed by atoms with van der Waals surface area (Å²) in [5, 5.41) is 1.63. The first-order valence-corrected chi connectivity index (χ1v) is 9.43. The highest BCUT2D eigenvalue weighted by molar-refractivity contribution is 6.31. The summed E-state index contributed by atoms with van der Waals surface area (Å²) in [6.07, 6.45) is 2.76. The molecule has 1 unspecified atom stereocenters. The van der Waals surface area contributed by atoms with E-state index < -0.39 is 0 Å². The third-order valence-electron chi connectivity index (χ3n) is 5.10. The average Bonchev–Trinajstić information content (AvgIpc) is 2.88. The number of hydrogen-bond acceptors (Lipinski definition) is 2. The zero-order chi connectivity index (χ0) is 18.1. The average molecular weight is 368 g/mol. The van der Waals surface area contributed by atoms with E-state index in [1.807, 2.05) is 53.4 Å². The molecule has 1 atom stereocenters. The largest absolute Gasteiger partial charge is 0.350 e. The molecule has 134 valence electrons. The molecule has 5 heteroatoms. The summed E-state index contributed by atoms with van der Waals surface area (Å²) in [4.78, 5) is 18.6. The Morgan fingerprint density at radius 2 is 1.92 bits per heavy atom. The molecule has 1 aliphatic heterocycles. The van der Waals surface area contributed by atoms with Gasteiger partial charge < -0.3 is 15.6 Å². The number of H-pyrrole nitrogens is 1. The molecule has 1 aliphatic rings. The number of carbonyl (C=O) groups is 1. The molecule has 1 fully saturated rings. The topological polar surface area (TPSA) is 62.1 Å². The van der Waals surface area contributed by atoms with Gasteiger partial charge in [0.1, 0.15) is 5.69 Å². The molecule has 4 nitrogen and oxygen atoms in total. The molecule has 1 aromatic heterocycles. The molecular formula is C21H22ClN3O. The Morgan fingerprint density at radius 3 is 2.73 bits per heavy atom. The van der Waals surface area contributed by atoms with Crippen LogP contribution in [0.1, 0.15) is 29.8 Å². The number of nitrogens with one attached hydrogen (secondary N) is 1. The number of rotatable bonds is 2. The van der Waals surface area contributed by atoms with Crippen LogP contribution in [0.3, 0.4) is 0 Å². The number of aromatic nitrogens is 1. The molecule has 0 spiro atoms. The number of nitrogens with two attached hydrogens (primary N) is 1. The molecule has 2 aromatic carbocycles. The number of halogens is 1. The van der Waals surface area contributed by atoms with Crippen LogP contribution < -0.4 is 5.73 Å². The number of amides is 1. The van der Waals surface area contributed by atoms with Gasteiger partial charge in [0.15, 0.2) is 0 Å². The van der Waals surface area contributed by atoms with Crippen LogP contribution in [-0.4, -0.2) is 34.9 Å². The van der Waals surface area contributed by atoms with E-state index in [1.54, 1.807) is 0 Å². The molecular weight excluding hydrogens is 346 g/mol. The second kappa shape index (κ2) is 7.14. The Hall–Kier alpha value is -2.30. The molecule has 1 amide bonds. The van der Waals surface area contributed by atoms with E-state index in [4.69, 9.17) is 17.3 Å². The minimum Gasteiger partial charge on any atom is -0.350 e. The molecule has 0 aliphatic carbocycles. The monoisotopic (exact) mass is 367 g/mol. The highest BCUT2D eigenvalue weighted by atomic mass is 35.5. The van der Waals surface area contributed by atoms with Crippen molar-refractivity contribution in [1.29, 1.82) is 0 Å². The Balaban J connectivity index is 1.82. The van der Waals surface area contributed by atoms with E-state index in [0.29, 0.717) is 17.3 Å². The van der Waals surface area contributed by atoms with E-state index in [-0.39, 0.29) is 11.9 Å². The van der Waals surface area contributed by atoms with Crippen LogP contribution >= 0.6 is 11.6 Å². The smallest absolute Gasteiger partial charge is 0.270 e. The maximum Gasteiger partial charge on any atom is 0.270 e. The van der Waals surface area contributed by atoms with Crippen LogP contribution in [0, 0.1) is 0 Å². The zero-order valence-electron chi connectivity index (χ0n) is 14.5. The minimum absolute atomic E-state index is 0.0327. The molecule has 4 rings (SSSR count). The molecule has 3 N–H and O–H groups in total. The number of benzene rings is 2. The fraction of sp³-hybridized carbons (Fsp3) is 0.286. The predicted molar refractivity (Wildman–Crippen MR) is 106 cm³/mol. The number of likely N-dealkylation sites (tertiary alicyclic amines) is 1. The second-order valence-corrected chi connectivity index (χ2v) is 7.35. The molecule has 0 saturated carbocycles. The van der Waals surface area contributed by atoms with Crippen molar-refractivity contribution >= 4 is 28.4 Å². The zero-order valence-corrected chi connectivity index (χ0v) is 15.3. The number of aromatic amines is 1. The molecule has 26 heavy (non-hydrogen) atoms. The van der Waals surface area contributed by atoms with Gasteiger partial charge in [-0.05, 0) is 43.0 Å². The lowest BCUT2D eigenvalue weighted by molar-refractivity contribution is 0.0757. The Bertz CT molecular complexity index is 935. The maximum atomic E-state index is 13.3. The van der Waals surface area contributed by atoms with Crippen molar-refractivity contribution < 1.29 is 4.79 Å². The summed E-state index contributed by atoms with van der Waals surface area (Å²) >= 11 is 6.23. The van der Waals surface area contributed by atoms with Gasteiger partial charge in [0.05, 0.1) is 0 Å². The van der Waals surface area contributed by atoms with Gasteiger partial charge in [-0.2, -0.15) is 0 Å². The van der Waals surface area contributed by atoms with Crippen molar-refractivity contribution in [1.82, 2.24) is 9.88 Å². The van der Waals surface area contributed by atoms with E-state index in [1.165, 1.54) is 0 Å². The molecule has 2 heterocycles. The molecule has 3 aromatic rings. The van der Waals surface area contributed by atoms with Crippen LogP contribution in [0.2, 0.25) is 5.02 Å². The standard InChI is InChI=1S/C21H22ClN3O/c22-15-8-9-18-17(13-15)19(14-5-2-1-3-6-14)20(24-18)21(26)25-11-4-7-16(23)10-12-25/h1-3,5-6,8-9,13,16,24H,4,7,10-12,23H2. The first-order valence-electron chi connectivity index (χ1n) is 9.05. The summed E-state index contributed by atoms with van der Waals surface area (Å²) in [5.41, 5.74) is 9.55. The van der Waals surface area contributed by atoms with Crippen LogP contribution in [0.15, 0.2) is 48.5 Å². The number of fused-ring (bicyclic) bond motifs is 1. The summed E-state index contributed by atoms with van der Waals surface area (Å²) < 4.78 is 0. The van der Waals surface area contributed by atoms with Crippen LogP contribution in [0.4, 0.5) is 0 Å². The van der Waals surface area contributed by atoms with Gasteiger partial charge in [-0.1, -0.05) is 41.9 Å². The lowest BCUT2D eigenvalue weighted by atomic mass is 10.0. The van der Waals surface area contributed by atoms with Crippen LogP contribution in [0.5, 0.6) is 0 Å². The summed E-state index contributed by atoms with van der Waals surface area (Å²) in [7, 11) is 0. The maximum absolute atomic E-state index is 13.3. The normalized spacial score (nSPS) is 18.1. The van der Waals surface area contributed by atoms with Crippen LogP contribution in [-0.2, 0) is 0 Å². The highest BCUT2D eigenvalue weighted by Crippen LogP contribution is 2.35. The van der Waals surface area contributed by atoms with Gasteiger partial charge in [-0.15, -0.1) is 0 Å². The van der Waals surface area contributed by atoms with E-state index in [2.05, 4.69) is 4.98 Å². The lowest BCUT2D eigenvalue weighted by Crippen LogP contribution is -2.33. The van der Waals surface area contributed by atoms with Crippen molar-refractivity contribution in [3.05, 3.63) is 59.2 Å². The number of nitrogens with zero attached hydrogens (tertiary/aromatic N) is 1. The number of carbonyl (C=O) groups excluding carboxylic acids is 1. The fourth-order valence-corrected chi connectivity index (χ4v) is 3.88. The molecule has 0 radical (unpaired) electrons. The SMILES string of the molecule is NC1CCCN(C(=O)c2[nH]c3ccc(Cl)cc3c2-c2ccccc2)CC1. The summed E-state index contributed by atoms with van der Waals surface area (Å²) in [6.45, 7) is 1.45. The van der Waals surface area contributed by atoms with Gasteiger partial charge in [0.25, 0.3) is 5.91 Å². The fourth-order valence-electron chi connectivity index (χ4n) is 3.71. The van der Waals surface area contributed by atoms with Crippen molar-refractivity contribution in [3.8, 4) is 11.1 Å². The van der Waals surface area contributed by atoms with Crippen molar-refractivity contribution in [3.63, 3.8) is 0 Å². The Morgan fingerprint density at radius 1 is 1.12 bits per heavy atom. The molecule has 0 bridgehead atoms. The van der Waals surface area contributed by atoms with E-state index in [9.17, 15) is 4.79 Å². The quantitative estimate of drug-likeness (QED) is 0.703. The lowest BCUT2D eigenvalue weighted by Gasteiger charge is -2.20. The van der Waals surface area contributed by atoms with Crippen molar-refractivity contribution in [2.24, 2.45) is 5.73 Å². The van der Waals surface area contributed by atoms with Gasteiger partial charge in [0, 0.05) is 40.6 Å². The van der Waals surface area contributed by atoms with E-state index >= 15 is 0 Å². The van der Waals surface area contributed by atoms with Crippen molar-refractivity contribution in [2.45, 2.75) is 25.3 Å². The van der Waals surface area contributed by atoms with Gasteiger partial charge in [-0.25, -0.2) is 0 Å². The van der Waals surface area contributed by atoms with Gasteiger partial charge in [-0.3, -0.25) is 4.79 Å². The first-order chi connectivity index (χ1) is 12.6. The Kier molecular flexibility index (Phi) is 4.70. The molecule has 1 saturated heterocycles. The Labute approximate surface area is 157 Å². The highest BCUT2D eigenvalue weighted by Gasteiger charge is 2.25. The van der Waals surface area contributed by atoms with Gasteiger partial charge >= 0.3 is 0 Å². The van der Waals surface area contributed by atoms with Crippen LogP contribution in [0.25, 0.3) is 22.0 Å². The third-order valence-corrected chi connectivity index (χ3v) is 5.33. The predicted octanol–water partition coefficient (Wildman–Crippen LogP) is 4.44. The van der Waals surface area contributed by atoms with E-state index in [0.717, 1.165) is 47.8 Å². The number of hydrogen-bond donors (Lipinski definition) is 2. The van der Waals surface area contributed by atoms with Gasteiger partial charge in [0.2, 0.25) is 0 Å². The third kappa shape index (κ3) is 3.22. The summed E-state index contributed by atoms with van der Waals surface area (Å²) in [6, 6.07) is 15.9. The van der Waals surface area contributed by atoms with Crippen molar-refractivity contribution in [2.75, 3.05) is 13.1 Å². The minimum atomic E-state index is 0.0327.